The Morgan fingerprint density at radius 1 is 0.963 bits per heavy atom. The molecule has 0 fully saturated rings. The zero-order chi connectivity index (χ0) is 19.0. The van der Waals surface area contributed by atoms with E-state index in [0.29, 0.717) is 12.1 Å². The molecule has 3 aromatic carbocycles. The van der Waals surface area contributed by atoms with Gasteiger partial charge in [0, 0.05) is 12.1 Å². The van der Waals surface area contributed by atoms with Gasteiger partial charge in [0.25, 0.3) is 5.91 Å². The lowest BCUT2D eigenvalue weighted by Crippen LogP contribution is -2.23. The van der Waals surface area contributed by atoms with Gasteiger partial charge in [-0.15, -0.1) is 0 Å². The van der Waals surface area contributed by atoms with E-state index in [-0.39, 0.29) is 10.8 Å². The van der Waals surface area contributed by atoms with Crippen molar-refractivity contribution in [3.05, 3.63) is 76.9 Å². The third kappa shape index (κ3) is 3.22. The lowest BCUT2D eigenvalue weighted by molar-refractivity contribution is 0.0952. The van der Waals surface area contributed by atoms with Crippen LogP contribution in [0, 0.1) is 0 Å². The fourth-order valence-electron chi connectivity index (χ4n) is 3.63. The minimum Gasteiger partial charge on any atom is -0.348 e. The van der Waals surface area contributed by atoms with Gasteiger partial charge in [-0.25, -0.2) is 13.1 Å². The van der Waals surface area contributed by atoms with E-state index in [9.17, 15) is 13.2 Å². The number of carbonyl (C=O) groups is 1. The number of sulfonamides is 1. The normalized spacial score (nSPS) is 13.1. The van der Waals surface area contributed by atoms with Crippen LogP contribution in [0.3, 0.4) is 0 Å². The smallest absolute Gasteiger partial charge is 0.252 e. The number of nitrogens with one attached hydrogen (secondary N) is 2. The molecule has 1 amide bonds. The van der Waals surface area contributed by atoms with Crippen LogP contribution in [-0.4, -0.2) is 21.4 Å². The van der Waals surface area contributed by atoms with Gasteiger partial charge in [0.05, 0.1) is 4.90 Å². The van der Waals surface area contributed by atoms with Crippen LogP contribution in [0.15, 0.2) is 59.5 Å². The highest BCUT2D eigenvalue weighted by Crippen LogP contribution is 2.32. The second-order valence-corrected chi connectivity index (χ2v) is 8.53. The van der Waals surface area contributed by atoms with Gasteiger partial charge in [-0.05, 0) is 65.6 Å². The van der Waals surface area contributed by atoms with E-state index >= 15 is 0 Å². The summed E-state index contributed by atoms with van der Waals surface area (Å²) in [6, 6.07) is 16.6. The Morgan fingerprint density at radius 3 is 2.37 bits per heavy atom. The third-order valence-electron chi connectivity index (χ3n) is 5.08. The van der Waals surface area contributed by atoms with Crippen LogP contribution in [0.5, 0.6) is 0 Å². The summed E-state index contributed by atoms with van der Waals surface area (Å²) >= 11 is 0. The Bertz CT molecular complexity index is 1130. The summed E-state index contributed by atoms with van der Waals surface area (Å²) in [5.41, 5.74) is 4.12. The summed E-state index contributed by atoms with van der Waals surface area (Å²) < 4.78 is 25.8. The minimum atomic E-state index is -3.45. The number of hydrogen-bond acceptors (Lipinski definition) is 3. The molecule has 0 bridgehead atoms. The summed E-state index contributed by atoms with van der Waals surface area (Å²) in [4.78, 5) is 12.9. The Balaban J connectivity index is 1.53. The van der Waals surface area contributed by atoms with Crippen molar-refractivity contribution >= 4 is 26.7 Å². The van der Waals surface area contributed by atoms with E-state index in [1.807, 2.05) is 24.3 Å². The van der Waals surface area contributed by atoms with Crippen molar-refractivity contribution in [1.82, 2.24) is 10.0 Å². The van der Waals surface area contributed by atoms with Crippen LogP contribution >= 0.6 is 0 Å². The first-order valence-corrected chi connectivity index (χ1v) is 10.3. The van der Waals surface area contributed by atoms with Gasteiger partial charge in [0.1, 0.15) is 0 Å². The van der Waals surface area contributed by atoms with Gasteiger partial charge < -0.3 is 5.32 Å². The minimum absolute atomic E-state index is 0.127. The van der Waals surface area contributed by atoms with Gasteiger partial charge in [0.15, 0.2) is 0 Å². The van der Waals surface area contributed by atoms with E-state index in [2.05, 4.69) is 16.1 Å². The highest BCUT2D eigenvalue weighted by atomic mass is 32.2. The molecule has 1 aliphatic carbocycles. The van der Waals surface area contributed by atoms with Gasteiger partial charge in [0.2, 0.25) is 10.0 Å². The molecule has 0 heterocycles. The molecular weight excluding hydrogens is 360 g/mol. The molecule has 0 aliphatic heterocycles. The molecule has 138 valence electrons. The van der Waals surface area contributed by atoms with Gasteiger partial charge >= 0.3 is 0 Å². The van der Waals surface area contributed by atoms with Crippen molar-refractivity contribution < 1.29 is 13.2 Å². The molecule has 0 radical (unpaired) electrons. The standard InChI is InChI=1S/C21H20N2O3S/c1-22-27(25,26)17-10-5-14(6-11-17)13-23-21(24)19-12-9-16-8-7-15-3-2-4-18(19)20(15)16/h2-6,9-12,22H,7-8,13H2,1H3,(H,23,24). The molecule has 27 heavy (non-hydrogen) atoms. The number of hydrogen-bond donors (Lipinski definition) is 2. The monoisotopic (exact) mass is 380 g/mol. The number of benzene rings is 3. The molecule has 4 rings (SSSR count). The first kappa shape index (κ1) is 17.7. The number of rotatable bonds is 5. The van der Waals surface area contributed by atoms with Crippen molar-refractivity contribution in [3.8, 4) is 0 Å². The predicted octanol–water partition coefficient (Wildman–Crippen LogP) is 2.78. The quantitative estimate of drug-likeness (QED) is 0.715. The van der Waals surface area contributed by atoms with Crippen LogP contribution in [-0.2, 0) is 29.4 Å². The number of carbonyl (C=O) groups excluding carboxylic acids is 1. The molecule has 0 unspecified atom stereocenters. The zero-order valence-electron chi connectivity index (χ0n) is 15.0. The van der Waals surface area contributed by atoms with Gasteiger partial charge in [-0.2, -0.15) is 0 Å². The van der Waals surface area contributed by atoms with Crippen molar-refractivity contribution in [3.63, 3.8) is 0 Å². The first-order valence-electron chi connectivity index (χ1n) is 8.84. The summed E-state index contributed by atoms with van der Waals surface area (Å²) in [7, 11) is -2.08. The fourth-order valence-corrected chi connectivity index (χ4v) is 4.36. The molecule has 5 nitrogen and oxygen atoms in total. The van der Waals surface area contributed by atoms with Crippen LogP contribution in [0.4, 0.5) is 0 Å². The van der Waals surface area contributed by atoms with Crippen LogP contribution in [0.2, 0.25) is 0 Å². The average molecular weight is 380 g/mol. The van der Waals surface area contributed by atoms with Crippen LogP contribution in [0.1, 0.15) is 27.0 Å². The first-order chi connectivity index (χ1) is 13.0. The maximum atomic E-state index is 12.7. The largest absolute Gasteiger partial charge is 0.348 e. The van der Waals surface area contributed by atoms with E-state index in [4.69, 9.17) is 0 Å². The van der Waals surface area contributed by atoms with Gasteiger partial charge in [-0.1, -0.05) is 36.4 Å². The molecule has 0 saturated heterocycles. The average Bonchev–Trinajstić information content (AvgIpc) is 3.12. The second-order valence-electron chi connectivity index (χ2n) is 6.65. The molecule has 2 N–H and O–H groups in total. The van der Waals surface area contributed by atoms with Crippen LogP contribution < -0.4 is 10.0 Å². The maximum absolute atomic E-state index is 12.7. The van der Waals surface area contributed by atoms with E-state index in [1.165, 1.54) is 35.7 Å². The molecule has 1 aliphatic rings. The molecule has 0 atom stereocenters. The van der Waals surface area contributed by atoms with Crippen molar-refractivity contribution in [2.75, 3.05) is 7.05 Å². The van der Waals surface area contributed by atoms with Gasteiger partial charge in [-0.3, -0.25) is 4.79 Å². The van der Waals surface area contributed by atoms with Crippen LogP contribution in [0.25, 0.3) is 10.8 Å². The Kier molecular flexibility index (Phi) is 4.45. The fraction of sp³-hybridized carbons (Fsp3) is 0.190. The summed E-state index contributed by atoms with van der Waals surface area (Å²) in [5, 5.41) is 5.15. The molecule has 3 aromatic rings. The van der Waals surface area contributed by atoms with E-state index in [0.717, 1.165) is 23.8 Å². The highest BCUT2D eigenvalue weighted by molar-refractivity contribution is 7.89. The summed E-state index contributed by atoms with van der Waals surface area (Å²) in [6.45, 7) is 0.335. The SMILES string of the molecule is CNS(=O)(=O)c1ccc(CNC(=O)c2ccc3c4c(cccc24)CC3)cc1. The van der Waals surface area contributed by atoms with E-state index in [1.54, 1.807) is 12.1 Å². The Labute approximate surface area is 158 Å². The molecule has 0 aromatic heterocycles. The number of amides is 1. The topological polar surface area (TPSA) is 75.3 Å². The summed E-state index contributed by atoms with van der Waals surface area (Å²) in [5.74, 6) is -0.127. The summed E-state index contributed by atoms with van der Waals surface area (Å²) in [6.07, 6.45) is 2.05. The third-order valence-corrected chi connectivity index (χ3v) is 6.51. The number of aryl methyl sites for hydroxylation is 2. The molecular formula is C21H20N2O3S. The Morgan fingerprint density at radius 2 is 1.67 bits per heavy atom. The van der Waals surface area contributed by atoms with E-state index < -0.39 is 10.0 Å². The zero-order valence-corrected chi connectivity index (χ0v) is 15.8. The molecule has 6 heteroatoms. The lowest BCUT2D eigenvalue weighted by atomic mass is 9.99. The maximum Gasteiger partial charge on any atom is 0.252 e. The lowest BCUT2D eigenvalue weighted by Gasteiger charge is -2.10. The molecule has 0 saturated carbocycles. The second kappa shape index (κ2) is 6.79. The molecule has 0 spiro atoms. The predicted molar refractivity (Wildman–Crippen MR) is 105 cm³/mol. The van der Waals surface area contributed by atoms with Crippen molar-refractivity contribution in [2.45, 2.75) is 24.3 Å². The van der Waals surface area contributed by atoms with Crippen molar-refractivity contribution in [1.29, 1.82) is 0 Å². The highest BCUT2D eigenvalue weighted by Gasteiger charge is 2.18. The Hall–Kier alpha value is -2.70. The van der Waals surface area contributed by atoms with Crippen molar-refractivity contribution in [2.24, 2.45) is 0 Å².